The van der Waals surface area contributed by atoms with Crippen LogP contribution in [0.25, 0.3) is 11.0 Å². The fourth-order valence-electron chi connectivity index (χ4n) is 2.68. The number of amides is 3. The number of benzene rings is 2. The second-order valence-corrected chi connectivity index (χ2v) is 5.72. The number of nitriles is 1. The van der Waals surface area contributed by atoms with Crippen molar-refractivity contribution in [1.82, 2.24) is 15.3 Å². The van der Waals surface area contributed by atoms with Crippen molar-refractivity contribution in [3.8, 4) is 6.07 Å². The molecule has 3 rings (SSSR count). The van der Waals surface area contributed by atoms with Crippen molar-refractivity contribution in [2.45, 2.75) is 13.8 Å². The number of carbonyl (C=O) groups excluding carboxylic acids is 2. The van der Waals surface area contributed by atoms with Gasteiger partial charge in [-0.05, 0) is 37.1 Å². The van der Waals surface area contributed by atoms with Gasteiger partial charge in [-0.1, -0.05) is 24.3 Å². The molecule has 1 heterocycles. The molecule has 7 nitrogen and oxygen atoms in total. The fraction of sp³-hybridized carbons (Fsp3) is 0.105. The molecule has 0 saturated carbocycles. The quantitative estimate of drug-likeness (QED) is 0.742. The van der Waals surface area contributed by atoms with E-state index in [0.29, 0.717) is 22.2 Å². The van der Waals surface area contributed by atoms with Gasteiger partial charge in [0.2, 0.25) is 0 Å². The van der Waals surface area contributed by atoms with Gasteiger partial charge in [0.15, 0.2) is 5.82 Å². The summed E-state index contributed by atoms with van der Waals surface area (Å²) in [4.78, 5) is 32.9. The predicted molar refractivity (Wildman–Crippen MR) is 96.7 cm³/mol. The summed E-state index contributed by atoms with van der Waals surface area (Å²) in [5, 5.41) is 13.8. The molecule has 3 amide bonds. The van der Waals surface area contributed by atoms with E-state index >= 15 is 0 Å². The first-order valence-electron chi connectivity index (χ1n) is 7.84. The smallest absolute Gasteiger partial charge is 0.291 e. The minimum absolute atomic E-state index is 0.180. The van der Waals surface area contributed by atoms with Crippen LogP contribution in [0.3, 0.4) is 0 Å². The van der Waals surface area contributed by atoms with Gasteiger partial charge in [0.1, 0.15) is 11.6 Å². The number of rotatable bonds is 2. The Morgan fingerprint density at radius 1 is 1.08 bits per heavy atom. The molecule has 0 spiro atoms. The standard InChI is InChI=1S/C19H15N5O2/c1-11-5-3-6-12(2)16(11)18(25)24-19(26)23-15-10-21-17-13(9-20)7-4-8-14(17)22-15/h3-8,10H,1-2H3,(H2,22,23,24,25,26). The number of aryl methyl sites for hydroxylation is 2. The van der Waals surface area contributed by atoms with E-state index < -0.39 is 11.9 Å². The molecule has 0 bridgehead atoms. The Balaban J connectivity index is 1.77. The molecule has 2 aromatic carbocycles. The molecule has 0 aliphatic carbocycles. The van der Waals surface area contributed by atoms with Crippen LogP contribution in [0.1, 0.15) is 27.0 Å². The van der Waals surface area contributed by atoms with Gasteiger partial charge in [-0.2, -0.15) is 5.26 Å². The third kappa shape index (κ3) is 3.35. The number of urea groups is 1. The van der Waals surface area contributed by atoms with Crippen molar-refractivity contribution in [3.05, 3.63) is 64.8 Å². The van der Waals surface area contributed by atoms with Crippen molar-refractivity contribution >= 4 is 28.8 Å². The number of fused-ring (bicyclic) bond motifs is 1. The molecule has 0 radical (unpaired) electrons. The van der Waals surface area contributed by atoms with Gasteiger partial charge < -0.3 is 0 Å². The summed E-state index contributed by atoms with van der Waals surface area (Å²) in [6.07, 6.45) is 1.34. The molecule has 0 saturated heterocycles. The lowest BCUT2D eigenvalue weighted by Crippen LogP contribution is -2.35. The lowest BCUT2D eigenvalue weighted by molar-refractivity contribution is 0.0966. The van der Waals surface area contributed by atoms with E-state index in [1.54, 1.807) is 44.2 Å². The molecular formula is C19H15N5O2. The summed E-state index contributed by atoms with van der Waals surface area (Å²) in [5.41, 5.74) is 3.35. The van der Waals surface area contributed by atoms with Crippen LogP contribution in [0, 0.1) is 25.2 Å². The zero-order chi connectivity index (χ0) is 18.7. The van der Waals surface area contributed by atoms with Gasteiger partial charge >= 0.3 is 6.03 Å². The molecule has 3 aromatic rings. The molecule has 0 aliphatic rings. The highest BCUT2D eigenvalue weighted by Crippen LogP contribution is 2.16. The number of para-hydroxylation sites is 1. The summed E-state index contributed by atoms with van der Waals surface area (Å²) in [7, 11) is 0. The molecule has 7 heteroatoms. The Morgan fingerprint density at radius 3 is 2.46 bits per heavy atom. The van der Waals surface area contributed by atoms with Crippen LogP contribution >= 0.6 is 0 Å². The van der Waals surface area contributed by atoms with Crippen molar-refractivity contribution in [1.29, 1.82) is 5.26 Å². The number of imide groups is 1. The highest BCUT2D eigenvalue weighted by atomic mass is 16.2. The highest BCUT2D eigenvalue weighted by molar-refractivity contribution is 6.09. The monoisotopic (exact) mass is 345 g/mol. The Bertz CT molecular complexity index is 1050. The van der Waals surface area contributed by atoms with Crippen LogP contribution in [-0.4, -0.2) is 21.9 Å². The summed E-state index contributed by atoms with van der Waals surface area (Å²) < 4.78 is 0. The van der Waals surface area contributed by atoms with Crippen LogP contribution < -0.4 is 10.6 Å². The second kappa shape index (κ2) is 6.99. The second-order valence-electron chi connectivity index (χ2n) is 5.72. The Kier molecular flexibility index (Phi) is 4.58. The molecule has 0 aliphatic heterocycles. The Labute approximate surface area is 149 Å². The van der Waals surface area contributed by atoms with Crippen LogP contribution in [0.2, 0.25) is 0 Å². The van der Waals surface area contributed by atoms with Crippen LogP contribution in [0.4, 0.5) is 10.6 Å². The molecule has 0 atom stereocenters. The van der Waals surface area contributed by atoms with Crippen LogP contribution in [0.5, 0.6) is 0 Å². The van der Waals surface area contributed by atoms with Gasteiger partial charge in [-0.25, -0.2) is 14.8 Å². The first-order chi connectivity index (χ1) is 12.5. The highest BCUT2D eigenvalue weighted by Gasteiger charge is 2.15. The van der Waals surface area contributed by atoms with Crippen molar-refractivity contribution in [3.63, 3.8) is 0 Å². The zero-order valence-corrected chi connectivity index (χ0v) is 14.2. The molecule has 26 heavy (non-hydrogen) atoms. The number of carbonyl (C=O) groups is 2. The lowest BCUT2D eigenvalue weighted by atomic mass is 10.0. The normalized spacial score (nSPS) is 10.2. The maximum atomic E-state index is 12.3. The SMILES string of the molecule is Cc1cccc(C)c1C(=O)NC(=O)Nc1cnc2c(C#N)cccc2n1. The average Bonchev–Trinajstić information content (AvgIpc) is 2.60. The molecule has 0 fully saturated rings. The number of aromatic nitrogens is 2. The van der Waals surface area contributed by atoms with Gasteiger partial charge in [0.05, 0.1) is 17.3 Å². The van der Waals surface area contributed by atoms with E-state index in [2.05, 4.69) is 20.6 Å². The largest absolute Gasteiger partial charge is 0.327 e. The first-order valence-corrected chi connectivity index (χ1v) is 7.84. The minimum Gasteiger partial charge on any atom is -0.291 e. The van der Waals surface area contributed by atoms with Crippen molar-refractivity contribution in [2.24, 2.45) is 0 Å². The van der Waals surface area contributed by atoms with Crippen LogP contribution in [0.15, 0.2) is 42.6 Å². The van der Waals surface area contributed by atoms with E-state index in [0.717, 1.165) is 11.1 Å². The number of nitrogens with zero attached hydrogens (tertiary/aromatic N) is 3. The third-order valence-corrected chi connectivity index (χ3v) is 3.87. The topological polar surface area (TPSA) is 108 Å². The maximum Gasteiger partial charge on any atom is 0.327 e. The zero-order valence-electron chi connectivity index (χ0n) is 14.2. The van der Waals surface area contributed by atoms with E-state index in [1.807, 2.05) is 12.1 Å². The van der Waals surface area contributed by atoms with Crippen LogP contribution in [-0.2, 0) is 0 Å². The van der Waals surface area contributed by atoms with Gasteiger partial charge in [-0.3, -0.25) is 15.4 Å². The fourth-order valence-corrected chi connectivity index (χ4v) is 2.68. The average molecular weight is 345 g/mol. The van der Waals surface area contributed by atoms with Gasteiger partial charge in [0.25, 0.3) is 5.91 Å². The van der Waals surface area contributed by atoms with E-state index in [1.165, 1.54) is 6.20 Å². The van der Waals surface area contributed by atoms with E-state index in [-0.39, 0.29) is 5.82 Å². The maximum absolute atomic E-state index is 12.3. The number of hydrogen-bond donors (Lipinski definition) is 2. The summed E-state index contributed by atoms with van der Waals surface area (Å²) >= 11 is 0. The Hall–Kier alpha value is -3.79. The molecule has 128 valence electrons. The molecule has 2 N–H and O–H groups in total. The molecule has 1 aromatic heterocycles. The molecule has 0 unspecified atom stereocenters. The van der Waals surface area contributed by atoms with Crippen molar-refractivity contribution < 1.29 is 9.59 Å². The van der Waals surface area contributed by atoms with E-state index in [9.17, 15) is 9.59 Å². The summed E-state index contributed by atoms with van der Waals surface area (Å²) in [5.74, 6) is -0.307. The molecular weight excluding hydrogens is 330 g/mol. The van der Waals surface area contributed by atoms with Gasteiger partial charge in [-0.15, -0.1) is 0 Å². The Morgan fingerprint density at radius 2 is 1.77 bits per heavy atom. The number of anilines is 1. The summed E-state index contributed by atoms with van der Waals surface area (Å²) in [6.45, 7) is 3.61. The number of hydrogen-bond acceptors (Lipinski definition) is 5. The summed E-state index contributed by atoms with van der Waals surface area (Å²) in [6, 6.07) is 11.8. The predicted octanol–water partition coefficient (Wildman–Crippen LogP) is 3.08. The van der Waals surface area contributed by atoms with Gasteiger partial charge in [0, 0.05) is 5.56 Å². The first kappa shape index (κ1) is 17.0. The lowest BCUT2D eigenvalue weighted by Gasteiger charge is -2.10. The third-order valence-electron chi connectivity index (χ3n) is 3.87. The van der Waals surface area contributed by atoms with Crippen molar-refractivity contribution in [2.75, 3.05) is 5.32 Å². The minimum atomic E-state index is -0.706. The van der Waals surface area contributed by atoms with E-state index in [4.69, 9.17) is 5.26 Å². The number of nitrogens with one attached hydrogen (secondary N) is 2.